The van der Waals surface area contributed by atoms with E-state index in [0.29, 0.717) is 17.8 Å². The summed E-state index contributed by atoms with van der Waals surface area (Å²) in [5, 5.41) is 17.4. The molecule has 4 nitrogen and oxygen atoms in total. The summed E-state index contributed by atoms with van der Waals surface area (Å²) >= 11 is 0. The zero-order valence-corrected chi connectivity index (χ0v) is 10.4. The number of rotatable bonds is 6. The monoisotopic (exact) mass is 242 g/mol. The molecule has 98 valence electrons. The Morgan fingerprint density at radius 2 is 1.65 bits per heavy atom. The molecule has 0 radical (unpaired) electrons. The van der Waals surface area contributed by atoms with Crippen LogP contribution in [0.1, 0.15) is 51.9 Å². The zero-order chi connectivity index (χ0) is 12.8. The summed E-state index contributed by atoms with van der Waals surface area (Å²) < 4.78 is 0. The van der Waals surface area contributed by atoms with Gasteiger partial charge >= 0.3 is 11.9 Å². The van der Waals surface area contributed by atoms with E-state index in [1.54, 1.807) is 0 Å². The van der Waals surface area contributed by atoms with Gasteiger partial charge in [0.2, 0.25) is 0 Å². The van der Waals surface area contributed by atoms with Gasteiger partial charge in [-0.05, 0) is 37.0 Å². The standard InChI is InChI=1S/C13H22O4/c1-9-2-3-10(4-6-12(14)15)8-11(9)5-7-13(16)17/h9-11H,2-8H2,1H3,(H,14,15)(H,16,17)/t9-,10-,11+/m1/s1. The lowest BCUT2D eigenvalue weighted by Crippen LogP contribution is -2.24. The van der Waals surface area contributed by atoms with Crippen molar-refractivity contribution in [1.29, 1.82) is 0 Å². The molecule has 1 fully saturated rings. The number of hydrogen-bond acceptors (Lipinski definition) is 2. The van der Waals surface area contributed by atoms with Crippen LogP contribution < -0.4 is 0 Å². The second-order valence-corrected chi connectivity index (χ2v) is 5.28. The Balaban J connectivity index is 2.36. The smallest absolute Gasteiger partial charge is 0.303 e. The topological polar surface area (TPSA) is 74.6 Å². The van der Waals surface area contributed by atoms with E-state index < -0.39 is 11.9 Å². The highest BCUT2D eigenvalue weighted by Gasteiger charge is 2.28. The molecule has 0 spiro atoms. The molecule has 4 heteroatoms. The average Bonchev–Trinajstić information content (AvgIpc) is 2.26. The van der Waals surface area contributed by atoms with Gasteiger partial charge in [-0.25, -0.2) is 0 Å². The Kier molecular flexibility index (Phi) is 5.45. The molecule has 3 atom stereocenters. The molecule has 1 aliphatic carbocycles. The number of carbonyl (C=O) groups is 2. The molecule has 17 heavy (non-hydrogen) atoms. The highest BCUT2D eigenvalue weighted by atomic mass is 16.4. The maximum Gasteiger partial charge on any atom is 0.303 e. The molecule has 0 saturated heterocycles. The van der Waals surface area contributed by atoms with Crippen molar-refractivity contribution in [1.82, 2.24) is 0 Å². The molecule has 2 N–H and O–H groups in total. The summed E-state index contributed by atoms with van der Waals surface area (Å²) in [4.78, 5) is 21.1. The van der Waals surface area contributed by atoms with Crippen LogP contribution in [-0.4, -0.2) is 22.2 Å². The molecule has 0 aromatic heterocycles. The van der Waals surface area contributed by atoms with Crippen LogP contribution in [0.3, 0.4) is 0 Å². The van der Waals surface area contributed by atoms with Gasteiger partial charge in [-0.2, -0.15) is 0 Å². The fourth-order valence-electron chi connectivity index (χ4n) is 2.81. The molecule has 1 aliphatic rings. The second-order valence-electron chi connectivity index (χ2n) is 5.28. The van der Waals surface area contributed by atoms with E-state index in [4.69, 9.17) is 10.2 Å². The van der Waals surface area contributed by atoms with Crippen molar-refractivity contribution < 1.29 is 19.8 Å². The highest BCUT2D eigenvalue weighted by molar-refractivity contribution is 5.66. The number of carboxylic acids is 2. The number of hydrogen-bond donors (Lipinski definition) is 2. The minimum Gasteiger partial charge on any atom is -0.481 e. The summed E-state index contributed by atoms with van der Waals surface area (Å²) in [5.41, 5.74) is 0. The summed E-state index contributed by atoms with van der Waals surface area (Å²) in [6.07, 6.45) is 5.16. The third-order valence-corrected chi connectivity index (χ3v) is 3.97. The van der Waals surface area contributed by atoms with E-state index in [0.717, 1.165) is 32.1 Å². The zero-order valence-electron chi connectivity index (χ0n) is 10.4. The third kappa shape index (κ3) is 5.20. The first kappa shape index (κ1) is 14.0. The minimum atomic E-state index is -0.732. The van der Waals surface area contributed by atoms with Gasteiger partial charge in [0.1, 0.15) is 0 Å². The van der Waals surface area contributed by atoms with Gasteiger partial charge in [0.25, 0.3) is 0 Å². The molecular formula is C13H22O4. The molecule has 1 rings (SSSR count). The molecule has 0 unspecified atom stereocenters. The van der Waals surface area contributed by atoms with Gasteiger partial charge in [-0.15, -0.1) is 0 Å². The Morgan fingerprint density at radius 1 is 1.06 bits per heavy atom. The fourth-order valence-corrected chi connectivity index (χ4v) is 2.81. The van der Waals surface area contributed by atoms with Crippen LogP contribution >= 0.6 is 0 Å². The Bertz CT molecular complexity index is 275. The predicted molar refractivity (Wildman–Crippen MR) is 63.7 cm³/mol. The summed E-state index contributed by atoms with van der Waals surface area (Å²) in [5.74, 6) is 0.0470. The van der Waals surface area contributed by atoms with Gasteiger partial charge in [-0.3, -0.25) is 9.59 Å². The largest absolute Gasteiger partial charge is 0.481 e. The van der Waals surface area contributed by atoms with Crippen molar-refractivity contribution in [2.45, 2.75) is 51.9 Å². The molecule has 1 saturated carbocycles. The van der Waals surface area contributed by atoms with Crippen LogP contribution in [0.4, 0.5) is 0 Å². The van der Waals surface area contributed by atoms with Crippen molar-refractivity contribution in [3.8, 4) is 0 Å². The first-order valence-electron chi connectivity index (χ1n) is 6.42. The first-order chi connectivity index (χ1) is 7.99. The summed E-state index contributed by atoms with van der Waals surface area (Å²) in [6, 6.07) is 0. The molecule has 0 amide bonds. The molecule has 0 aromatic rings. The van der Waals surface area contributed by atoms with Crippen molar-refractivity contribution in [2.24, 2.45) is 17.8 Å². The minimum absolute atomic E-state index is 0.237. The molecule has 0 heterocycles. The molecule has 0 aromatic carbocycles. The Morgan fingerprint density at radius 3 is 2.24 bits per heavy atom. The normalized spacial score (nSPS) is 28.9. The predicted octanol–water partition coefficient (Wildman–Crippen LogP) is 2.77. The molecule has 0 aliphatic heterocycles. The summed E-state index contributed by atoms with van der Waals surface area (Å²) in [6.45, 7) is 2.18. The fraction of sp³-hybridized carbons (Fsp3) is 0.846. The van der Waals surface area contributed by atoms with Crippen LogP contribution in [0.2, 0.25) is 0 Å². The quantitative estimate of drug-likeness (QED) is 0.751. The van der Waals surface area contributed by atoms with Crippen LogP contribution in [0, 0.1) is 17.8 Å². The third-order valence-electron chi connectivity index (χ3n) is 3.97. The van der Waals surface area contributed by atoms with Gasteiger partial charge in [0, 0.05) is 12.8 Å². The van der Waals surface area contributed by atoms with E-state index >= 15 is 0 Å². The molecule has 0 bridgehead atoms. The van der Waals surface area contributed by atoms with Crippen molar-refractivity contribution in [3.63, 3.8) is 0 Å². The highest BCUT2D eigenvalue weighted by Crippen LogP contribution is 2.38. The van der Waals surface area contributed by atoms with Crippen molar-refractivity contribution >= 4 is 11.9 Å². The van der Waals surface area contributed by atoms with Gasteiger partial charge in [0.15, 0.2) is 0 Å². The van der Waals surface area contributed by atoms with Crippen molar-refractivity contribution in [2.75, 3.05) is 0 Å². The average molecular weight is 242 g/mol. The lowest BCUT2D eigenvalue weighted by Gasteiger charge is -2.34. The summed E-state index contributed by atoms with van der Waals surface area (Å²) in [7, 11) is 0. The van der Waals surface area contributed by atoms with E-state index in [9.17, 15) is 9.59 Å². The van der Waals surface area contributed by atoms with Gasteiger partial charge in [0.05, 0.1) is 0 Å². The second kappa shape index (κ2) is 6.62. The number of aliphatic carboxylic acids is 2. The lowest BCUT2D eigenvalue weighted by atomic mass is 9.72. The van der Waals surface area contributed by atoms with Crippen LogP contribution in [0.15, 0.2) is 0 Å². The maximum absolute atomic E-state index is 10.6. The van der Waals surface area contributed by atoms with E-state index in [2.05, 4.69) is 6.92 Å². The van der Waals surface area contributed by atoms with E-state index in [1.807, 2.05) is 0 Å². The van der Waals surface area contributed by atoms with Crippen LogP contribution in [0.5, 0.6) is 0 Å². The van der Waals surface area contributed by atoms with E-state index in [1.165, 1.54) is 0 Å². The van der Waals surface area contributed by atoms with Gasteiger partial charge in [-0.1, -0.05) is 19.8 Å². The van der Waals surface area contributed by atoms with Crippen LogP contribution in [0.25, 0.3) is 0 Å². The van der Waals surface area contributed by atoms with E-state index in [-0.39, 0.29) is 12.8 Å². The van der Waals surface area contributed by atoms with Gasteiger partial charge < -0.3 is 10.2 Å². The maximum atomic E-state index is 10.6. The Labute approximate surface area is 102 Å². The Hall–Kier alpha value is -1.06. The lowest BCUT2D eigenvalue weighted by molar-refractivity contribution is -0.138. The molecular weight excluding hydrogens is 220 g/mol. The van der Waals surface area contributed by atoms with Crippen molar-refractivity contribution in [3.05, 3.63) is 0 Å². The number of carboxylic acid groups (broad SMARTS) is 2. The van der Waals surface area contributed by atoms with Crippen LogP contribution in [-0.2, 0) is 9.59 Å². The first-order valence-corrected chi connectivity index (χ1v) is 6.42. The SMILES string of the molecule is C[C@@H]1CC[C@H](CCC(=O)O)C[C@@H]1CCC(=O)O.